The van der Waals surface area contributed by atoms with Crippen molar-refractivity contribution in [1.29, 1.82) is 0 Å². The molecule has 0 saturated heterocycles. The van der Waals surface area contributed by atoms with Crippen molar-refractivity contribution in [2.75, 3.05) is 0 Å². The molecule has 0 aliphatic carbocycles. The van der Waals surface area contributed by atoms with Crippen LogP contribution in [0.15, 0.2) is 18.2 Å². The Morgan fingerprint density at radius 2 is 1.86 bits per heavy atom. The van der Waals surface area contributed by atoms with Gasteiger partial charge in [0.25, 0.3) is 0 Å². The van der Waals surface area contributed by atoms with Gasteiger partial charge in [0.2, 0.25) is 0 Å². The van der Waals surface area contributed by atoms with E-state index in [1.807, 2.05) is 0 Å². The highest BCUT2D eigenvalue weighted by molar-refractivity contribution is 5.33. The fraction of sp³-hybridized carbons (Fsp3) is 0.571. The van der Waals surface area contributed by atoms with Gasteiger partial charge in [-0.05, 0) is 43.7 Å². The first-order chi connectivity index (χ1) is 6.69. The fourth-order valence-corrected chi connectivity index (χ4v) is 2.13. The molecule has 1 aromatic rings. The zero-order valence-corrected chi connectivity index (χ0v) is 9.93. The lowest BCUT2D eigenvalue weighted by Crippen LogP contribution is -2.00. The average Bonchev–Trinajstić information content (AvgIpc) is 2.18. The van der Waals surface area contributed by atoms with Crippen LogP contribution in [-0.4, -0.2) is 0 Å². The second-order valence-corrected chi connectivity index (χ2v) is 4.25. The SMILES string of the molecule is CCCC(CC)c1cc(C)ccc1C. The van der Waals surface area contributed by atoms with E-state index in [2.05, 4.69) is 45.9 Å². The first-order valence-electron chi connectivity index (χ1n) is 5.76. The average molecular weight is 190 g/mol. The maximum Gasteiger partial charge on any atom is -0.0162 e. The van der Waals surface area contributed by atoms with Crippen molar-refractivity contribution in [2.45, 2.75) is 52.9 Å². The first kappa shape index (κ1) is 11.3. The van der Waals surface area contributed by atoms with Crippen LogP contribution < -0.4 is 0 Å². The van der Waals surface area contributed by atoms with E-state index in [-0.39, 0.29) is 0 Å². The summed E-state index contributed by atoms with van der Waals surface area (Å²) in [5, 5.41) is 0. The summed E-state index contributed by atoms with van der Waals surface area (Å²) in [6, 6.07) is 6.82. The third-order valence-electron chi connectivity index (χ3n) is 3.00. The largest absolute Gasteiger partial charge is 0.0654 e. The number of rotatable bonds is 4. The molecule has 1 aromatic carbocycles. The molecule has 0 nitrogen and oxygen atoms in total. The minimum atomic E-state index is 0.764. The zero-order chi connectivity index (χ0) is 10.6. The summed E-state index contributed by atoms with van der Waals surface area (Å²) in [5.74, 6) is 0.764. The van der Waals surface area contributed by atoms with E-state index in [9.17, 15) is 0 Å². The number of hydrogen-bond donors (Lipinski definition) is 0. The lowest BCUT2D eigenvalue weighted by atomic mass is 9.88. The summed E-state index contributed by atoms with van der Waals surface area (Å²) in [5.41, 5.74) is 4.41. The number of hydrogen-bond acceptors (Lipinski definition) is 0. The summed E-state index contributed by atoms with van der Waals surface area (Å²) in [6.45, 7) is 8.98. The molecule has 14 heavy (non-hydrogen) atoms. The molecule has 1 rings (SSSR count). The monoisotopic (exact) mass is 190 g/mol. The van der Waals surface area contributed by atoms with Gasteiger partial charge in [0.1, 0.15) is 0 Å². The maximum absolute atomic E-state index is 2.36. The molecule has 1 unspecified atom stereocenters. The lowest BCUT2D eigenvalue weighted by Gasteiger charge is -2.17. The summed E-state index contributed by atoms with van der Waals surface area (Å²) in [4.78, 5) is 0. The summed E-state index contributed by atoms with van der Waals surface area (Å²) < 4.78 is 0. The topological polar surface area (TPSA) is 0 Å². The van der Waals surface area contributed by atoms with E-state index in [0.29, 0.717) is 0 Å². The van der Waals surface area contributed by atoms with Crippen molar-refractivity contribution < 1.29 is 0 Å². The van der Waals surface area contributed by atoms with Gasteiger partial charge in [0.05, 0.1) is 0 Å². The fourth-order valence-electron chi connectivity index (χ4n) is 2.13. The van der Waals surface area contributed by atoms with Crippen LogP contribution in [0.4, 0.5) is 0 Å². The molecule has 0 heterocycles. The molecule has 0 radical (unpaired) electrons. The molecule has 0 fully saturated rings. The van der Waals surface area contributed by atoms with Crippen molar-refractivity contribution >= 4 is 0 Å². The molecule has 0 heteroatoms. The molecule has 0 aliphatic rings. The lowest BCUT2D eigenvalue weighted by molar-refractivity contribution is 0.593. The van der Waals surface area contributed by atoms with E-state index in [0.717, 1.165) is 5.92 Å². The van der Waals surface area contributed by atoms with Crippen LogP contribution in [0.5, 0.6) is 0 Å². The van der Waals surface area contributed by atoms with Crippen LogP contribution in [-0.2, 0) is 0 Å². The quantitative estimate of drug-likeness (QED) is 0.651. The minimum absolute atomic E-state index is 0.764. The molecule has 0 N–H and O–H groups in total. The van der Waals surface area contributed by atoms with Crippen LogP contribution >= 0.6 is 0 Å². The predicted octanol–water partition coefficient (Wildman–Crippen LogP) is 4.60. The first-order valence-corrected chi connectivity index (χ1v) is 5.76. The third-order valence-corrected chi connectivity index (χ3v) is 3.00. The number of benzene rings is 1. The molecule has 0 saturated carbocycles. The Morgan fingerprint density at radius 1 is 1.14 bits per heavy atom. The summed E-state index contributed by atoms with van der Waals surface area (Å²) in [6.07, 6.45) is 3.87. The Balaban J connectivity index is 2.96. The van der Waals surface area contributed by atoms with Gasteiger partial charge in [0, 0.05) is 0 Å². The summed E-state index contributed by atoms with van der Waals surface area (Å²) in [7, 11) is 0. The molecule has 0 aliphatic heterocycles. The van der Waals surface area contributed by atoms with Crippen LogP contribution in [0.3, 0.4) is 0 Å². The molecule has 0 aromatic heterocycles. The highest BCUT2D eigenvalue weighted by atomic mass is 14.2. The second-order valence-electron chi connectivity index (χ2n) is 4.25. The van der Waals surface area contributed by atoms with E-state index in [1.165, 1.54) is 30.4 Å². The van der Waals surface area contributed by atoms with Crippen molar-refractivity contribution in [3.8, 4) is 0 Å². The predicted molar refractivity (Wildman–Crippen MR) is 63.9 cm³/mol. The third kappa shape index (κ3) is 2.60. The molecule has 0 amide bonds. The molecule has 78 valence electrons. The van der Waals surface area contributed by atoms with E-state index >= 15 is 0 Å². The highest BCUT2D eigenvalue weighted by Crippen LogP contribution is 2.27. The second kappa shape index (κ2) is 5.19. The Morgan fingerprint density at radius 3 is 2.43 bits per heavy atom. The Labute approximate surface area is 88.4 Å². The van der Waals surface area contributed by atoms with Crippen LogP contribution in [0.2, 0.25) is 0 Å². The van der Waals surface area contributed by atoms with E-state index < -0.39 is 0 Å². The smallest absolute Gasteiger partial charge is 0.0162 e. The van der Waals surface area contributed by atoms with Crippen molar-refractivity contribution in [2.24, 2.45) is 0 Å². The highest BCUT2D eigenvalue weighted by Gasteiger charge is 2.10. The standard InChI is InChI=1S/C14H22/c1-5-7-13(6-2)14-10-11(3)8-9-12(14)4/h8-10,13H,5-7H2,1-4H3. The van der Waals surface area contributed by atoms with Crippen molar-refractivity contribution in [1.82, 2.24) is 0 Å². The van der Waals surface area contributed by atoms with Gasteiger partial charge in [-0.2, -0.15) is 0 Å². The van der Waals surface area contributed by atoms with Gasteiger partial charge >= 0.3 is 0 Å². The Hall–Kier alpha value is -0.780. The van der Waals surface area contributed by atoms with Crippen LogP contribution in [0, 0.1) is 13.8 Å². The van der Waals surface area contributed by atoms with Crippen molar-refractivity contribution in [3.05, 3.63) is 34.9 Å². The summed E-state index contributed by atoms with van der Waals surface area (Å²) >= 11 is 0. The van der Waals surface area contributed by atoms with Gasteiger partial charge in [-0.1, -0.05) is 44.0 Å². The van der Waals surface area contributed by atoms with Crippen molar-refractivity contribution in [3.63, 3.8) is 0 Å². The van der Waals surface area contributed by atoms with Gasteiger partial charge in [-0.15, -0.1) is 0 Å². The zero-order valence-electron chi connectivity index (χ0n) is 9.93. The Bertz CT molecular complexity index is 286. The van der Waals surface area contributed by atoms with Crippen LogP contribution in [0.25, 0.3) is 0 Å². The molecule has 1 atom stereocenters. The van der Waals surface area contributed by atoms with Gasteiger partial charge in [0.15, 0.2) is 0 Å². The normalized spacial score (nSPS) is 12.9. The van der Waals surface area contributed by atoms with E-state index in [4.69, 9.17) is 0 Å². The maximum atomic E-state index is 2.36. The van der Waals surface area contributed by atoms with E-state index in [1.54, 1.807) is 5.56 Å². The molecular formula is C14H22. The minimum Gasteiger partial charge on any atom is -0.0654 e. The Kier molecular flexibility index (Phi) is 4.19. The van der Waals surface area contributed by atoms with Crippen LogP contribution in [0.1, 0.15) is 55.7 Å². The van der Waals surface area contributed by atoms with Gasteiger partial charge in [-0.3, -0.25) is 0 Å². The number of aryl methyl sites for hydroxylation is 2. The molecule has 0 bridgehead atoms. The van der Waals surface area contributed by atoms with Gasteiger partial charge in [-0.25, -0.2) is 0 Å². The van der Waals surface area contributed by atoms with Gasteiger partial charge < -0.3 is 0 Å². The molecular weight excluding hydrogens is 168 g/mol. The molecule has 0 spiro atoms.